The number of unbranched alkanes of at least 4 members (excludes halogenated alkanes) is 2. The Bertz CT molecular complexity index is 1120. The van der Waals surface area contributed by atoms with Crippen LogP contribution in [0.2, 0.25) is 0 Å². The van der Waals surface area contributed by atoms with E-state index in [2.05, 4.69) is 86.0 Å². The highest BCUT2D eigenvalue weighted by Gasteiger charge is 2.23. The predicted octanol–water partition coefficient (Wildman–Crippen LogP) is 7.49. The molecule has 0 saturated carbocycles. The van der Waals surface area contributed by atoms with E-state index in [1.165, 1.54) is 45.9 Å². The minimum atomic E-state index is 0.763. The average Bonchev–Trinajstić information content (AvgIpc) is 3.24. The van der Waals surface area contributed by atoms with Crippen molar-refractivity contribution in [3.05, 3.63) is 48.5 Å². The highest BCUT2D eigenvalue weighted by Crippen LogP contribution is 2.50. The van der Waals surface area contributed by atoms with Crippen LogP contribution in [0, 0.1) is 0 Å². The Kier molecular flexibility index (Phi) is 9.66. The number of ether oxygens (including phenoxy) is 2. The highest BCUT2D eigenvalue weighted by atomic mass is 16.5. The lowest BCUT2D eigenvalue weighted by Crippen LogP contribution is -2.24. The Hall–Kier alpha value is -2.56. The van der Waals surface area contributed by atoms with Crippen LogP contribution in [-0.4, -0.2) is 62.3 Å². The molecule has 0 spiro atoms. The maximum atomic E-state index is 6.29. The molecule has 0 atom stereocenters. The van der Waals surface area contributed by atoms with Crippen molar-refractivity contribution in [2.75, 3.05) is 52.5 Å². The van der Waals surface area contributed by atoms with Crippen molar-refractivity contribution in [1.82, 2.24) is 9.80 Å². The summed E-state index contributed by atoms with van der Waals surface area (Å²) in [6.07, 6.45) is 4.51. The maximum absolute atomic E-state index is 6.29. The highest BCUT2D eigenvalue weighted by molar-refractivity contribution is 6.16. The standard InChI is InChI=1S/C32H44N2O2/c1-5-33(6-2)20-9-11-22-35-25-16-17-26-27-14-13-15-29-31(19-18-28(32(27)29)30(26)24-25)36-23-12-10-21-34(7-3)8-4/h13-19,24H,5-12,20-23H2,1-4H3. The molecule has 3 aromatic rings. The fourth-order valence-electron chi connectivity index (χ4n) is 5.35. The average molecular weight is 489 g/mol. The van der Waals surface area contributed by atoms with Crippen LogP contribution in [-0.2, 0) is 0 Å². The van der Waals surface area contributed by atoms with Gasteiger partial charge in [-0.1, -0.05) is 58.0 Å². The van der Waals surface area contributed by atoms with Gasteiger partial charge in [-0.3, -0.25) is 0 Å². The van der Waals surface area contributed by atoms with Gasteiger partial charge in [0, 0.05) is 10.8 Å². The first kappa shape index (κ1) is 26.5. The number of hydrogen-bond donors (Lipinski definition) is 0. The Morgan fingerprint density at radius 3 is 1.86 bits per heavy atom. The molecule has 0 fully saturated rings. The first-order valence-corrected chi connectivity index (χ1v) is 14.1. The van der Waals surface area contributed by atoms with Gasteiger partial charge in [0.2, 0.25) is 0 Å². The zero-order valence-electron chi connectivity index (χ0n) is 22.8. The van der Waals surface area contributed by atoms with Crippen LogP contribution >= 0.6 is 0 Å². The molecule has 0 aromatic heterocycles. The molecule has 0 radical (unpaired) electrons. The van der Waals surface area contributed by atoms with Crippen LogP contribution in [0.1, 0.15) is 53.4 Å². The summed E-state index contributed by atoms with van der Waals surface area (Å²) >= 11 is 0. The normalized spacial score (nSPS) is 12.1. The number of rotatable bonds is 16. The summed E-state index contributed by atoms with van der Waals surface area (Å²) < 4.78 is 12.5. The fourth-order valence-corrected chi connectivity index (χ4v) is 5.35. The van der Waals surface area contributed by atoms with Gasteiger partial charge in [-0.25, -0.2) is 0 Å². The van der Waals surface area contributed by atoms with E-state index in [9.17, 15) is 0 Å². The summed E-state index contributed by atoms with van der Waals surface area (Å²) in [5.74, 6) is 1.96. The topological polar surface area (TPSA) is 24.9 Å². The summed E-state index contributed by atoms with van der Waals surface area (Å²) in [4.78, 5) is 4.94. The first-order chi connectivity index (χ1) is 17.7. The molecule has 0 saturated heterocycles. The molecule has 0 aliphatic heterocycles. The largest absolute Gasteiger partial charge is 0.494 e. The van der Waals surface area contributed by atoms with E-state index in [1.54, 1.807) is 0 Å². The van der Waals surface area contributed by atoms with Gasteiger partial charge >= 0.3 is 0 Å². The van der Waals surface area contributed by atoms with E-state index < -0.39 is 0 Å². The van der Waals surface area contributed by atoms with E-state index in [0.29, 0.717) is 0 Å². The van der Waals surface area contributed by atoms with Crippen molar-refractivity contribution in [2.24, 2.45) is 0 Å². The van der Waals surface area contributed by atoms with Crippen LogP contribution in [0.5, 0.6) is 11.5 Å². The minimum absolute atomic E-state index is 0.763. The molecular formula is C32H44N2O2. The van der Waals surface area contributed by atoms with Gasteiger partial charge in [-0.2, -0.15) is 0 Å². The zero-order chi connectivity index (χ0) is 25.3. The van der Waals surface area contributed by atoms with Crippen molar-refractivity contribution in [3.63, 3.8) is 0 Å². The van der Waals surface area contributed by atoms with Gasteiger partial charge in [-0.15, -0.1) is 0 Å². The van der Waals surface area contributed by atoms with Gasteiger partial charge in [0.15, 0.2) is 0 Å². The summed E-state index contributed by atoms with van der Waals surface area (Å²) in [5, 5.41) is 2.52. The second-order valence-corrected chi connectivity index (χ2v) is 9.71. The van der Waals surface area contributed by atoms with Crippen LogP contribution in [0.3, 0.4) is 0 Å². The van der Waals surface area contributed by atoms with Gasteiger partial charge in [0.05, 0.1) is 13.2 Å². The van der Waals surface area contributed by atoms with Gasteiger partial charge in [0.1, 0.15) is 11.5 Å². The summed E-state index contributed by atoms with van der Waals surface area (Å²) in [6, 6.07) is 17.6. The number of nitrogens with zero attached hydrogens (tertiary/aromatic N) is 2. The third kappa shape index (κ3) is 6.04. The first-order valence-electron chi connectivity index (χ1n) is 14.1. The van der Waals surface area contributed by atoms with Gasteiger partial charge in [-0.05, 0) is 105 Å². The molecule has 3 aromatic carbocycles. The molecule has 1 aliphatic rings. The Morgan fingerprint density at radius 1 is 0.583 bits per heavy atom. The zero-order valence-corrected chi connectivity index (χ0v) is 22.8. The van der Waals surface area contributed by atoms with E-state index in [4.69, 9.17) is 9.47 Å². The van der Waals surface area contributed by atoms with Crippen molar-refractivity contribution in [1.29, 1.82) is 0 Å². The number of benzene rings is 3. The van der Waals surface area contributed by atoms with Crippen LogP contribution < -0.4 is 9.47 Å². The summed E-state index contributed by atoms with van der Waals surface area (Å²) in [5.41, 5.74) is 5.15. The van der Waals surface area contributed by atoms with Crippen molar-refractivity contribution in [3.8, 4) is 33.8 Å². The summed E-state index contributed by atoms with van der Waals surface area (Å²) in [7, 11) is 0. The molecule has 4 rings (SSSR count). The van der Waals surface area contributed by atoms with Crippen LogP contribution in [0.15, 0.2) is 48.5 Å². The molecular weight excluding hydrogens is 444 g/mol. The van der Waals surface area contributed by atoms with Crippen molar-refractivity contribution >= 4 is 10.8 Å². The second-order valence-electron chi connectivity index (χ2n) is 9.71. The molecule has 0 amide bonds. The Morgan fingerprint density at radius 2 is 1.19 bits per heavy atom. The second kappa shape index (κ2) is 13.1. The third-order valence-corrected chi connectivity index (χ3v) is 7.62. The molecule has 36 heavy (non-hydrogen) atoms. The van der Waals surface area contributed by atoms with Crippen LogP contribution in [0.4, 0.5) is 0 Å². The maximum Gasteiger partial charge on any atom is 0.127 e. The van der Waals surface area contributed by atoms with Gasteiger partial charge in [0.25, 0.3) is 0 Å². The molecule has 4 heteroatoms. The van der Waals surface area contributed by atoms with Gasteiger partial charge < -0.3 is 19.3 Å². The lowest BCUT2D eigenvalue weighted by Gasteiger charge is -2.17. The van der Waals surface area contributed by atoms with E-state index >= 15 is 0 Å². The van der Waals surface area contributed by atoms with Crippen molar-refractivity contribution < 1.29 is 9.47 Å². The molecule has 0 bridgehead atoms. The molecule has 1 aliphatic carbocycles. The molecule has 194 valence electrons. The van der Waals surface area contributed by atoms with E-state index in [1.807, 2.05) is 0 Å². The lowest BCUT2D eigenvalue weighted by molar-refractivity contribution is 0.266. The lowest BCUT2D eigenvalue weighted by atomic mass is 10.0. The number of hydrogen-bond acceptors (Lipinski definition) is 4. The van der Waals surface area contributed by atoms with Crippen molar-refractivity contribution in [2.45, 2.75) is 53.4 Å². The quantitative estimate of drug-likeness (QED) is 0.153. The monoisotopic (exact) mass is 488 g/mol. The molecule has 4 nitrogen and oxygen atoms in total. The Labute approximate surface area is 218 Å². The fraction of sp³-hybridized carbons (Fsp3) is 0.500. The smallest absolute Gasteiger partial charge is 0.127 e. The SMILES string of the molecule is CCN(CC)CCCCOc1ccc2c(c1)-c1ccc(OCCCCN(CC)CC)c3cccc-2c13. The molecule has 0 unspecified atom stereocenters. The minimum Gasteiger partial charge on any atom is -0.494 e. The number of fused-ring (bicyclic) bond motifs is 3. The summed E-state index contributed by atoms with van der Waals surface area (Å²) in [6.45, 7) is 17.2. The van der Waals surface area contributed by atoms with Crippen LogP contribution in [0.25, 0.3) is 33.0 Å². The Balaban J connectivity index is 1.40. The third-order valence-electron chi connectivity index (χ3n) is 7.62. The molecule has 0 N–H and O–H groups in total. The predicted molar refractivity (Wildman–Crippen MR) is 153 cm³/mol. The van der Waals surface area contributed by atoms with E-state index in [-0.39, 0.29) is 0 Å². The molecule has 0 heterocycles. The van der Waals surface area contributed by atoms with E-state index in [0.717, 1.165) is 76.8 Å².